The number of hydrazine groups is 1. The number of amides is 1. The Morgan fingerprint density at radius 2 is 1.71 bits per heavy atom. The van der Waals surface area contributed by atoms with Gasteiger partial charge >= 0.3 is 0 Å². The summed E-state index contributed by atoms with van der Waals surface area (Å²) in [6, 6.07) is 5.54. The van der Waals surface area contributed by atoms with Crippen LogP contribution < -0.4 is 17.4 Å². The van der Waals surface area contributed by atoms with Crippen LogP contribution in [0.25, 0.3) is 0 Å². The van der Waals surface area contributed by atoms with Crippen molar-refractivity contribution in [3.63, 3.8) is 0 Å². The van der Waals surface area contributed by atoms with E-state index in [1.807, 2.05) is 26.0 Å². The topological polar surface area (TPSA) is 95.1 Å². The van der Waals surface area contributed by atoms with Gasteiger partial charge in [0.25, 0.3) is 0 Å². The number of carbonyl (C=O) groups is 1. The third kappa shape index (κ3) is 3.74. The van der Waals surface area contributed by atoms with Gasteiger partial charge in [-0.15, -0.1) is 12.4 Å². The Morgan fingerprint density at radius 1 is 1.21 bits per heavy atom. The lowest BCUT2D eigenvalue weighted by molar-refractivity contribution is 0.0999. The van der Waals surface area contributed by atoms with Crippen molar-refractivity contribution in [1.82, 2.24) is 0 Å². The molecule has 1 rings (SSSR count). The number of hydrogen-bond donors (Lipinski definition) is 3. The molecule has 4 nitrogen and oxygen atoms in total. The minimum atomic E-state index is -0.355. The lowest BCUT2D eigenvalue weighted by atomic mass is 10.0. The SMILES string of the molecule is Cc1cccc(C(N)=O)c1C.Cl.NN. The smallest absolute Gasteiger partial charge is 0.248 e. The van der Waals surface area contributed by atoms with Gasteiger partial charge in [0.2, 0.25) is 5.91 Å². The maximum Gasteiger partial charge on any atom is 0.248 e. The van der Waals surface area contributed by atoms with Crippen molar-refractivity contribution in [2.75, 3.05) is 0 Å². The van der Waals surface area contributed by atoms with E-state index in [9.17, 15) is 4.79 Å². The van der Waals surface area contributed by atoms with Crippen LogP contribution in [-0.2, 0) is 0 Å². The van der Waals surface area contributed by atoms with E-state index >= 15 is 0 Å². The number of carbonyl (C=O) groups excluding carboxylic acids is 1. The normalized spacial score (nSPS) is 8.00. The summed E-state index contributed by atoms with van der Waals surface area (Å²) < 4.78 is 0. The summed E-state index contributed by atoms with van der Waals surface area (Å²) in [5.74, 6) is 7.64. The van der Waals surface area contributed by atoms with E-state index in [2.05, 4.69) is 11.7 Å². The molecule has 0 atom stereocenters. The first-order chi connectivity index (χ1) is 6.13. The minimum absolute atomic E-state index is 0. The Morgan fingerprint density at radius 3 is 2.07 bits per heavy atom. The highest BCUT2D eigenvalue weighted by Crippen LogP contribution is 2.11. The Kier molecular flexibility index (Phi) is 8.04. The second-order valence-electron chi connectivity index (χ2n) is 2.61. The van der Waals surface area contributed by atoms with Crippen LogP contribution in [0.5, 0.6) is 0 Å². The highest BCUT2D eigenvalue weighted by Gasteiger charge is 2.04. The molecule has 0 heterocycles. The van der Waals surface area contributed by atoms with E-state index in [1.165, 1.54) is 0 Å². The molecular formula is C9H16ClN3O. The Balaban J connectivity index is 0. The zero-order valence-electron chi connectivity index (χ0n) is 8.28. The van der Waals surface area contributed by atoms with Crippen LogP contribution in [0.2, 0.25) is 0 Å². The van der Waals surface area contributed by atoms with Gasteiger partial charge < -0.3 is 5.73 Å². The second kappa shape index (κ2) is 7.32. The molecule has 0 saturated heterocycles. The quantitative estimate of drug-likeness (QED) is 0.476. The zero-order valence-corrected chi connectivity index (χ0v) is 9.10. The molecule has 0 spiro atoms. The molecule has 0 fully saturated rings. The van der Waals surface area contributed by atoms with Gasteiger partial charge in [-0.1, -0.05) is 12.1 Å². The predicted molar refractivity (Wildman–Crippen MR) is 60.1 cm³/mol. The largest absolute Gasteiger partial charge is 0.366 e. The minimum Gasteiger partial charge on any atom is -0.366 e. The van der Waals surface area contributed by atoms with Gasteiger partial charge in [0, 0.05) is 5.56 Å². The first kappa shape index (κ1) is 15.4. The second-order valence-corrected chi connectivity index (χ2v) is 2.61. The summed E-state index contributed by atoms with van der Waals surface area (Å²) in [6.07, 6.45) is 0. The molecule has 0 aromatic heterocycles. The van der Waals surface area contributed by atoms with Crippen molar-refractivity contribution in [3.05, 3.63) is 34.9 Å². The number of hydrogen-bond acceptors (Lipinski definition) is 3. The summed E-state index contributed by atoms with van der Waals surface area (Å²) in [6.45, 7) is 3.86. The molecule has 0 saturated carbocycles. The lowest BCUT2D eigenvalue weighted by Crippen LogP contribution is -2.12. The Hall–Kier alpha value is -1.10. The molecule has 14 heavy (non-hydrogen) atoms. The van der Waals surface area contributed by atoms with Gasteiger partial charge in [-0.25, -0.2) is 0 Å². The molecular weight excluding hydrogens is 202 g/mol. The lowest BCUT2D eigenvalue weighted by Gasteiger charge is -2.03. The molecule has 0 unspecified atom stereocenters. The van der Waals surface area contributed by atoms with E-state index in [0.717, 1.165) is 11.1 Å². The Labute approximate surface area is 89.8 Å². The molecule has 1 amide bonds. The molecule has 0 aliphatic carbocycles. The fraction of sp³-hybridized carbons (Fsp3) is 0.222. The number of benzene rings is 1. The average Bonchev–Trinajstić information content (AvgIpc) is 2.13. The zero-order chi connectivity index (χ0) is 10.4. The van der Waals surface area contributed by atoms with E-state index in [1.54, 1.807) is 6.07 Å². The Bertz CT molecular complexity index is 302. The van der Waals surface area contributed by atoms with E-state index < -0.39 is 0 Å². The van der Waals surface area contributed by atoms with Gasteiger partial charge in [0.15, 0.2) is 0 Å². The number of rotatable bonds is 1. The number of halogens is 1. The third-order valence-corrected chi connectivity index (χ3v) is 1.87. The first-order valence-corrected chi connectivity index (χ1v) is 3.82. The molecule has 0 aliphatic heterocycles. The van der Waals surface area contributed by atoms with E-state index in [0.29, 0.717) is 5.56 Å². The molecule has 80 valence electrons. The molecule has 0 bridgehead atoms. The van der Waals surface area contributed by atoms with E-state index in [-0.39, 0.29) is 18.3 Å². The van der Waals surface area contributed by atoms with Crippen molar-refractivity contribution in [2.45, 2.75) is 13.8 Å². The number of primary amides is 1. The summed E-state index contributed by atoms with van der Waals surface area (Å²) in [5, 5.41) is 0. The highest BCUT2D eigenvalue weighted by atomic mass is 35.5. The molecule has 1 aromatic rings. The van der Waals surface area contributed by atoms with Gasteiger partial charge in [-0.2, -0.15) is 0 Å². The van der Waals surface area contributed by atoms with Crippen LogP contribution in [-0.4, -0.2) is 5.91 Å². The molecule has 5 heteroatoms. The first-order valence-electron chi connectivity index (χ1n) is 3.82. The monoisotopic (exact) mass is 217 g/mol. The molecule has 6 N–H and O–H groups in total. The van der Waals surface area contributed by atoms with Crippen LogP contribution in [0, 0.1) is 13.8 Å². The predicted octanol–water partition coefficient (Wildman–Crippen LogP) is 0.643. The number of nitrogens with two attached hydrogens (primary N) is 3. The highest BCUT2D eigenvalue weighted by molar-refractivity contribution is 5.94. The maximum absolute atomic E-state index is 10.8. The fourth-order valence-corrected chi connectivity index (χ4v) is 1.02. The summed E-state index contributed by atoms with van der Waals surface area (Å²) in [7, 11) is 0. The van der Waals surface area contributed by atoms with Crippen LogP contribution in [0.3, 0.4) is 0 Å². The van der Waals surface area contributed by atoms with Crippen LogP contribution >= 0.6 is 12.4 Å². The molecule has 0 aliphatic rings. The summed E-state index contributed by atoms with van der Waals surface area (Å²) >= 11 is 0. The average molecular weight is 218 g/mol. The van der Waals surface area contributed by atoms with Crippen molar-refractivity contribution < 1.29 is 4.79 Å². The van der Waals surface area contributed by atoms with Crippen molar-refractivity contribution >= 4 is 18.3 Å². The van der Waals surface area contributed by atoms with Gasteiger partial charge in [0.1, 0.15) is 0 Å². The van der Waals surface area contributed by atoms with Gasteiger partial charge in [0.05, 0.1) is 0 Å². The molecule has 1 aromatic carbocycles. The fourth-order valence-electron chi connectivity index (χ4n) is 1.02. The van der Waals surface area contributed by atoms with Crippen LogP contribution in [0.4, 0.5) is 0 Å². The van der Waals surface area contributed by atoms with Crippen molar-refractivity contribution in [1.29, 1.82) is 0 Å². The standard InChI is InChI=1S/C9H11NO.ClH.H4N2/c1-6-4-3-5-8(7(6)2)9(10)11;;1-2/h3-5H,1-2H3,(H2,10,11);1H;1-2H2. The molecule has 0 radical (unpaired) electrons. The van der Waals surface area contributed by atoms with Gasteiger partial charge in [-0.3, -0.25) is 16.5 Å². The van der Waals surface area contributed by atoms with Crippen LogP contribution in [0.1, 0.15) is 21.5 Å². The van der Waals surface area contributed by atoms with Gasteiger partial charge in [-0.05, 0) is 31.0 Å². The number of aryl methyl sites for hydroxylation is 1. The maximum atomic E-state index is 10.8. The summed E-state index contributed by atoms with van der Waals surface area (Å²) in [5.41, 5.74) is 7.83. The van der Waals surface area contributed by atoms with Crippen molar-refractivity contribution in [2.24, 2.45) is 17.4 Å². The third-order valence-electron chi connectivity index (χ3n) is 1.87. The van der Waals surface area contributed by atoms with Crippen LogP contribution in [0.15, 0.2) is 18.2 Å². The summed E-state index contributed by atoms with van der Waals surface area (Å²) in [4.78, 5) is 10.8. The van der Waals surface area contributed by atoms with E-state index in [4.69, 9.17) is 5.73 Å². The van der Waals surface area contributed by atoms with Crippen molar-refractivity contribution in [3.8, 4) is 0 Å².